The molecule has 1 saturated heterocycles. The Hall–Kier alpha value is -3.70. The van der Waals surface area contributed by atoms with Crippen LogP contribution in [0.3, 0.4) is 0 Å². The Morgan fingerprint density at radius 3 is 2.09 bits per heavy atom. The highest BCUT2D eigenvalue weighted by Crippen LogP contribution is 2.44. The van der Waals surface area contributed by atoms with Crippen molar-refractivity contribution in [2.24, 2.45) is 7.05 Å². The lowest BCUT2D eigenvalue weighted by atomic mass is 9.78. The molecule has 0 saturated carbocycles. The van der Waals surface area contributed by atoms with E-state index in [-0.39, 0.29) is 11.9 Å². The molecule has 1 fully saturated rings. The molecule has 1 unspecified atom stereocenters. The molecule has 0 radical (unpaired) electrons. The van der Waals surface area contributed by atoms with E-state index in [4.69, 9.17) is 4.74 Å². The molecule has 5 heteroatoms. The summed E-state index contributed by atoms with van der Waals surface area (Å²) in [6.07, 6.45) is 5.24. The van der Waals surface area contributed by atoms with Crippen LogP contribution in [0.15, 0.2) is 103 Å². The zero-order chi connectivity index (χ0) is 23.4. The number of amides is 1. The van der Waals surface area contributed by atoms with Gasteiger partial charge in [-0.25, -0.2) is 4.98 Å². The average Bonchev–Trinajstić information content (AvgIpc) is 3.56. The first-order chi connectivity index (χ1) is 16.7. The number of aryl methyl sites for hydroxylation is 1. The predicted molar refractivity (Wildman–Crippen MR) is 132 cm³/mol. The van der Waals surface area contributed by atoms with Gasteiger partial charge in [-0.2, -0.15) is 0 Å². The van der Waals surface area contributed by atoms with Gasteiger partial charge in [0.25, 0.3) is 5.91 Å². The highest BCUT2D eigenvalue weighted by Gasteiger charge is 2.50. The molecular weight excluding hydrogens is 422 g/mol. The fraction of sp³-hybridized carbons (Fsp3) is 0.241. The molecule has 1 atom stereocenters. The van der Waals surface area contributed by atoms with Gasteiger partial charge in [-0.3, -0.25) is 4.79 Å². The minimum absolute atomic E-state index is 0.0606. The molecule has 2 heterocycles. The maximum Gasteiger partial charge on any atom is 0.290 e. The van der Waals surface area contributed by atoms with Gasteiger partial charge in [-0.15, -0.1) is 0 Å². The summed E-state index contributed by atoms with van der Waals surface area (Å²) in [5.41, 5.74) is 2.36. The number of carbonyl (C=O) groups excluding carboxylic acids is 1. The number of aromatic nitrogens is 2. The maximum absolute atomic E-state index is 13.7. The Morgan fingerprint density at radius 1 is 0.941 bits per heavy atom. The van der Waals surface area contributed by atoms with Crippen LogP contribution in [-0.2, 0) is 24.0 Å². The van der Waals surface area contributed by atoms with E-state index in [0.29, 0.717) is 19.0 Å². The van der Waals surface area contributed by atoms with Gasteiger partial charge in [0.1, 0.15) is 5.60 Å². The molecule has 0 N–H and O–H groups in total. The van der Waals surface area contributed by atoms with Crippen molar-refractivity contribution in [1.82, 2.24) is 14.5 Å². The van der Waals surface area contributed by atoms with Gasteiger partial charge >= 0.3 is 0 Å². The van der Waals surface area contributed by atoms with Crippen molar-refractivity contribution in [3.8, 4) is 0 Å². The molecule has 1 aromatic heterocycles. The third-order valence-electron chi connectivity index (χ3n) is 6.71. The lowest BCUT2D eigenvalue weighted by Crippen LogP contribution is -2.52. The number of carbonyl (C=O) groups is 1. The molecule has 172 valence electrons. The standard InChI is InChI=1S/C29H29N3O2/c1-31-21-19-30-27(31)28(33)32-20-11-18-26(32)29(24-14-7-3-8-15-24,25-16-9-4-10-17-25)34-22-23-12-5-2-6-13-23/h2-10,12-17,19,21,26H,11,18,20,22H2,1H3. The van der Waals surface area contributed by atoms with Gasteiger partial charge in [0.2, 0.25) is 0 Å². The number of nitrogens with zero attached hydrogens (tertiary/aromatic N) is 3. The largest absolute Gasteiger partial charge is 0.359 e. The molecule has 4 aromatic rings. The van der Waals surface area contributed by atoms with Crippen molar-refractivity contribution in [3.05, 3.63) is 126 Å². The van der Waals surface area contributed by atoms with Crippen LogP contribution in [0.4, 0.5) is 0 Å². The normalized spacial score (nSPS) is 16.0. The summed E-state index contributed by atoms with van der Waals surface area (Å²) >= 11 is 0. The van der Waals surface area contributed by atoms with Gasteiger partial charge in [0.05, 0.1) is 12.6 Å². The van der Waals surface area contributed by atoms with Gasteiger partial charge in [-0.1, -0.05) is 91.0 Å². The molecule has 0 spiro atoms. The summed E-state index contributed by atoms with van der Waals surface area (Å²) in [6, 6.07) is 30.7. The van der Waals surface area contributed by atoms with Crippen LogP contribution >= 0.6 is 0 Å². The molecule has 34 heavy (non-hydrogen) atoms. The van der Waals surface area contributed by atoms with Gasteiger partial charge in [0.15, 0.2) is 5.82 Å². The average molecular weight is 452 g/mol. The number of ether oxygens (including phenoxy) is 1. The third kappa shape index (κ3) is 4.03. The van der Waals surface area contributed by atoms with E-state index in [1.54, 1.807) is 10.8 Å². The van der Waals surface area contributed by atoms with E-state index >= 15 is 0 Å². The molecule has 1 aliphatic heterocycles. The summed E-state index contributed by atoms with van der Waals surface area (Å²) in [7, 11) is 1.86. The van der Waals surface area contributed by atoms with Crippen LogP contribution in [0.1, 0.15) is 40.2 Å². The zero-order valence-corrected chi connectivity index (χ0v) is 19.4. The van der Waals surface area contributed by atoms with Gasteiger partial charge in [0, 0.05) is 26.0 Å². The van der Waals surface area contributed by atoms with Gasteiger partial charge in [-0.05, 0) is 29.5 Å². The number of imidazole rings is 1. The molecule has 1 aliphatic rings. The highest BCUT2D eigenvalue weighted by molar-refractivity contribution is 5.91. The van der Waals surface area contributed by atoms with Crippen LogP contribution < -0.4 is 0 Å². The van der Waals surface area contributed by atoms with Crippen molar-refractivity contribution in [2.75, 3.05) is 6.54 Å². The topological polar surface area (TPSA) is 47.4 Å². The minimum Gasteiger partial charge on any atom is -0.359 e. The molecule has 0 aliphatic carbocycles. The minimum atomic E-state index is -0.824. The van der Waals surface area contributed by atoms with E-state index in [2.05, 4.69) is 41.4 Å². The fourth-order valence-corrected chi connectivity index (χ4v) is 5.09. The summed E-state index contributed by atoms with van der Waals surface area (Å²) in [5.74, 6) is 0.388. The zero-order valence-electron chi connectivity index (χ0n) is 19.4. The Morgan fingerprint density at radius 2 is 1.53 bits per heavy atom. The fourth-order valence-electron chi connectivity index (χ4n) is 5.09. The number of benzene rings is 3. The summed E-state index contributed by atoms with van der Waals surface area (Å²) in [5, 5.41) is 0. The number of hydrogen-bond acceptors (Lipinski definition) is 3. The molecule has 0 bridgehead atoms. The summed E-state index contributed by atoms with van der Waals surface area (Å²) < 4.78 is 8.77. The van der Waals surface area contributed by atoms with Crippen LogP contribution in [0, 0.1) is 0 Å². The second kappa shape index (κ2) is 9.65. The van der Waals surface area contributed by atoms with E-state index < -0.39 is 5.60 Å². The highest BCUT2D eigenvalue weighted by atomic mass is 16.5. The number of hydrogen-bond donors (Lipinski definition) is 0. The SMILES string of the molecule is Cn1ccnc1C(=O)N1CCCC1C(OCc1ccccc1)(c1ccccc1)c1ccccc1. The van der Waals surface area contributed by atoms with Crippen molar-refractivity contribution in [2.45, 2.75) is 31.1 Å². The molecular formula is C29H29N3O2. The summed E-state index contributed by atoms with van der Waals surface area (Å²) in [4.78, 5) is 20.0. The Balaban J connectivity index is 1.64. The maximum atomic E-state index is 13.7. The predicted octanol–water partition coefficient (Wildman–Crippen LogP) is 5.19. The Kier molecular flexibility index (Phi) is 6.28. The summed E-state index contributed by atoms with van der Waals surface area (Å²) in [6.45, 7) is 1.11. The molecule has 5 nitrogen and oxygen atoms in total. The van der Waals surface area contributed by atoms with E-state index in [1.807, 2.05) is 72.7 Å². The molecule has 5 rings (SSSR count). The second-order valence-electron chi connectivity index (χ2n) is 8.76. The lowest BCUT2D eigenvalue weighted by molar-refractivity contribution is -0.0748. The number of likely N-dealkylation sites (tertiary alicyclic amines) is 1. The third-order valence-corrected chi connectivity index (χ3v) is 6.71. The number of rotatable bonds is 7. The van der Waals surface area contributed by atoms with Crippen LogP contribution in [0.25, 0.3) is 0 Å². The van der Waals surface area contributed by atoms with E-state index in [0.717, 1.165) is 29.5 Å². The van der Waals surface area contributed by atoms with Crippen molar-refractivity contribution in [3.63, 3.8) is 0 Å². The van der Waals surface area contributed by atoms with Gasteiger partial charge < -0.3 is 14.2 Å². The van der Waals surface area contributed by atoms with Crippen molar-refractivity contribution < 1.29 is 9.53 Å². The Bertz CT molecular complexity index is 1180. The van der Waals surface area contributed by atoms with Crippen molar-refractivity contribution >= 4 is 5.91 Å². The molecule has 3 aromatic carbocycles. The smallest absolute Gasteiger partial charge is 0.290 e. The van der Waals surface area contributed by atoms with Crippen LogP contribution in [-0.4, -0.2) is 32.9 Å². The monoisotopic (exact) mass is 451 g/mol. The van der Waals surface area contributed by atoms with E-state index in [1.165, 1.54) is 0 Å². The van der Waals surface area contributed by atoms with Crippen LogP contribution in [0.2, 0.25) is 0 Å². The molecule has 1 amide bonds. The van der Waals surface area contributed by atoms with Crippen LogP contribution in [0.5, 0.6) is 0 Å². The first-order valence-corrected chi connectivity index (χ1v) is 11.8. The van der Waals surface area contributed by atoms with E-state index in [9.17, 15) is 4.79 Å². The quantitative estimate of drug-likeness (QED) is 0.389. The first-order valence-electron chi connectivity index (χ1n) is 11.8. The first kappa shape index (κ1) is 22.1. The second-order valence-corrected chi connectivity index (χ2v) is 8.76. The van der Waals surface area contributed by atoms with Crippen molar-refractivity contribution in [1.29, 1.82) is 0 Å². The Labute approximate surface area is 200 Å². The lowest BCUT2D eigenvalue weighted by Gasteiger charge is -2.44.